The summed E-state index contributed by atoms with van der Waals surface area (Å²) < 4.78 is 0. The number of amides is 3. The minimum absolute atomic E-state index is 0.253. The van der Waals surface area contributed by atoms with Gasteiger partial charge in [-0.2, -0.15) is 0 Å². The van der Waals surface area contributed by atoms with Gasteiger partial charge in [-0.1, -0.05) is 12.1 Å². The Kier molecular flexibility index (Phi) is 4.81. The molecule has 0 bridgehead atoms. The zero-order valence-corrected chi connectivity index (χ0v) is 15.4. The molecule has 2 aromatic rings. The van der Waals surface area contributed by atoms with Gasteiger partial charge in [0.2, 0.25) is 0 Å². The van der Waals surface area contributed by atoms with Crippen molar-refractivity contribution >= 4 is 23.7 Å². The SMILES string of the molecule is Cc1ccc(SCCN2C(=O)N[C@@](C)(c3ccccn3)C2=O)cc1C. The second kappa shape index (κ2) is 6.88. The van der Waals surface area contributed by atoms with Gasteiger partial charge in [0.1, 0.15) is 0 Å². The van der Waals surface area contributed by atoms with E-state index in [0.717, 1.165) is 4.90 Å². The number of thioether (sulfide) groups is 1. The fourth-order valence-electron chi connectivity index (χ4n) is 2.79. The Labute approximate surface area is 151 Å². The lowest BCUT2D eigenvalue weighted by Crippen LogP contribution is -2.41. The van der Waals surface area contributed by atoms with Crippen LogP contribution in [0.5, 0.6) is 0 Å². The largest absolute Gasteiger partial charge is 0.325 e. The van der Waals surface area contributed by atoms with Gasteiger partial charge >= 0.3 is 6.03 Å². The number of imide groups is 1. The van der Waals surface area contributed by atoms with Crippen molar-refractivity contribution in [3.8, 4) is 0 Å². The molecular weight excluding hydrogens is 334 g/mol. The molecule has 130 valence electrons. The average molecular weight is 355 g/mol. The predicted molar refractivity (Wildman–Crippen MR) is 98.5 cm³/mol. The maximum absolute atomic E-state index is 12.8. The van der Waals surface area contributed by atoms with Gasteiger partial charge in [0, 0.05) is 23.4 Å². The number of rotatable bonds is 5. The first-order valence-corrected chi connectivity index (χ1v) is 9.16. The molecule has 1 aliphatic heterocycles. The van der Waals surface area contributed by atoms with Crippen LogP contribution in [0.25, 0.3) is 0 Å². The van der Waals surface area contributed by atoms with E-state index < -0.39 is 5.54 Å². The summed E-state index contributed by atoms with van der Waals surface area (Å²) >= 11 is 1.64. The number of carbonyl (C=O) groups excluding carboxylic acids is 2. The lowest BCUT2D eigenvalue weighted by atomic mass is 9.97. The van der Waals surface area contributed by atoms with Crippen molar-refractivity contribution in [2.24, 2.45) is 0 Å². The van der Waals surface area contributed by atoms with Crippen molar-refractivity contribution in [1.29, 1.82) is 0 Å². The standard InChI is InChI=1S/C19H21N3O2S/c1-13-7-8-15(12-14(13)2)25-11-10-22-17(23)19(3,21-18(22)24)16-6-4-5-9-20-16/h4-9,12H,10-11H2,1-3H3,(H,21,24)/t19-/m0/s1. The van der Waals surface area contributed by atoms with Crippen LogP contribution in [0.1, 0.15) is 23.7 Å². The van der Waals surface area contributed by atoms with Crippen LogP contribution in [-0.2, 0) is 10.3 Å². The molecule has 6 heteroatoms. The number of nitrogens with zero attached hydrogens (tertiary/aromatic N) is 2. The lowest BCUT2D eigenvalue weighted by Gasteiger charge is -2.20. The van der Waals surface area contributed by atoms with E-state index in [0.29, 0.717) is 18.0 Å². The lowest BCUT2D eigenvalue weighted by molar-refractivity contribution is -0.131. The fourth-order valence-corrected chi connectivity index (χ4v) is 3.72. The van der Waals surface area contributed by atoms with E-state index in [2.05, 4.69) is 42.3 Å². The van der Waals surface area contributed by atoms with Gasteiger partial charge in [0.25, 0.3) is 5.91 Å². The molecule has 0 radical (unpaired) electrons. The predicted octanol–water partition coefficient (Wildman–Crippen LogP) is 3.26. The highest BCUT2D eigenvalue weighted by Gasteiger charge is 2.49. The highest BCUT2D eigenvalue weighted by molar-refractivity contribution is 7.99. The van der Waals surface area contributed by atoms with Crippen molar-refractivity contribution in [1.82, 2.24) is 15.2 Å². The van der Waals surface area contributed by atoms with E-state index in [4.69, 9.17) is 0 Å². The summed E-state index contributed by atoms with van der Waals surface area (Å²) in [5.74, 6) is 0.400. The topological polar surface area (TPSA) is 62.3 Å². The number of hydrogen-bond acceptors (Lipinski definition) is 4. The minimum Gasteiger partial charge on any atom is -0.318 e. The van der Waals surface area contributed by atoms with Crippen molar-refractivity contribution in [2.75, 3.05) is 12.3 Å². The summed E-state index contributed by atoms with van der Waals surface area (Å²) in [5.41, 5.74) is 1.95. The Balaban J connectivity index is 1.66. The summed E-state index contributed by atoms with van der Waals surface area (Å²) in [6.07, 6.45) is 1.62. The Morgan fingerprint density at radius 2 is 1.96 bits per heavy atom. The monoisotopic (exact) mass is 355 g/mol. The smallest absolute Gasteiger partial charge is 0.318 e. The molecule has 0 spiro atoms. The number of aromatic nitrogens is 1. The number of aryl methyl sites for hydroxylation is 2. The second-order valence-electron chi connectivity index (χ2n) is 6.32. The highest BCUT2D eigenvalue weighted by atomic mass is 32.2. The molecule has 3 rings (SSSR count). The fraction of sp³-hybridized carbons (Fsp3) is 0.316. The molecule has 1 aromatic heterocycles. The molecule has 1 N–H and O–H groups in total. The molecule has 1 atom stereocenters. The van der Waals surface area contributed by atoms with Crippen LogP contribution >= 0.6 is 11.8 Å². The molecule has 25 heavy (non-hydrogen) atoms. The third kappa shape index (κ3) is 3.39. The first kappa shape index (κ1) is 17.5. The van der Waals surface area contributed by atoms with Crippen molar-refractivity contribution in [3.63, 3.8) is 0 Å². The molecule has 1 saturated heterocycles. The third-order valence-corrected chi connectivity index (χ3v) is 5.49. The van der Waals surface area contributed by atoms with Crippen molar-refractivity contribution in [3.05, 3.63) is 59.4 Å². The van der Waals surface area contributed by atoms with E-state index in [-0.39, 0.29) is 11.9 Å². The van der Waals surface area contributed by atoms with Gasteiger partial charge in [-0.05, 0) is 56.2 Å². The number of carbonyl (C=O) groups is 2. The van der Waals surface area contributed by atoms with Crippen molar-refractivity contribution in [2.45, 2.75) is 31.2 Å². The van der Waals surface area contributed by atoms with Gasteiger partial charge in [0.05, 0.1) is 5.69 Å². The number of urea groups is 1. The molecule has 0 saturated carbocycles. The normalized spacial score (nSPS) is 20.0. The summed E-state index contributed by atoms with van der Waals surface area (Å²) in [7, 11) is 0. The number of hydrogen-bond donors (Lipinski definition) is 1. The molecule has 0 unspecified atom stereocenters. The molecule has 3 amide bonds. The zero-order valence-electron chi connectivity index (χ0n) is 14.6. The van der Waals surface area contributed by atoms with Crippen LogP contribution in [0.3, 0.4) is 0 Å². The molecule has 5 nitrogen and oxygen atoms in total. The van der Waals surface area contributed by atoms with E-state index >= 15 is 0 Å². The van der Waals surface area contributed by atoms with Crippen molar-refractivity contribution < 1.29 is 9.59 Å². The Morgan fingerprint density at radius 1 is 1.16 bits per heavy atom. The average Bonchev–Trinajstić information content (AvgIpc) is 2.83. The van der Waals surface area contributed by atoms with Gasteiger partial charge in [-0.3, -0.25) is 14.7 Å². The molecule has 2 heterocycles. The molecule has 1 aromatic carbocycles. The zero-order chi connectivity index (χ0) is 18.0. The molecule has 0 aliphatic carbocycles. The summed E-state index contributed by atoms with van der Waals surface area (Å²) in [4.78, 5) is 31.7. The van der Waals surface area contributed by atoms with Gasteiger partial charge in [-0.25, -0.2) is 4.79 Å². The Morgan fingerprint density at radius 3 is 2.64 bits per heavy atom. The molecule has 1 fully saturated rings. The van der Waals surface area contributed by atoms with E-state index in [1.54, 1.807) is 37.0 Å². The van der Waals surface area contributed by atoms with E-state index in [9.17, 15) is 9.59 Å². The maximum atomic E-state index is 12.8. The number of pyridine rings is 1. The third-order valence-electron chi connectivity index (χ3n) is 4.51. The van der Waals surface area contributed by atoms with Gasteiger partial charge in [-0.15, -0.1) is 11.8 Å². The summed E-state index contributed by atoms with van der Waals surface area (Å²) in [5, 5.41) is 2.78. The van der Waals surface area contributed by atoms with Crippen LogP contribution in [0.2, 0.25) is 0 Å². The second-order valence-corrected chi connectivity index (χ2v) is 7.49. The van der Waals surface area contributed by atoms with Crippen LogP contribution in [0.4, 0.5) is 4.79 Å². The first-order chi connectivity index (χ1) is 11.9. The van der Waals surface area contributed by atoms with E-state index in [1.807, 2.05) is 6.07 Å². The maximum Gasteiger partial charge on any atom is 0.325 e. The highest BCUT2D eigenvalue weighted by Crippen LogP contribution is 2.28. The van der Waals surface area contributed by atoms with Crippen LogP contribution < -0.4 is 5.32 Å². The number of nitrogens with one attached hydrogen (secondary N) is 1. The summed E-state index contributed by atoms with van der Waals surface area (Å²) in [6.45, 7) is 6.22. The molecule has 1 aliphatic rings. The summed E-state index contributed by atoms with van der Waals surface area (Å²) in [6, 6.07) is 11.3. The van der Waals surface area contributed by atoms with Gasteiger partial charge < -0.3 is 5.32 Å². The number of benzene rings is 1. The van der Waals surface area contributed by atoms with E-state index in [1.165, 1.54) is 16.0 Å². The first-order valence-electron chi connectivity index (χ1n) is 8.17. The Bertz CT molecular complexity index is 810. The van der Waals surface area contributed by atoms with Gasteiger partial charge in [0.15, 0.2) is 5.54 Å². The van der Waals surface area contributed by atoms with Crippen LogP contribution in [-0.4, -0.2) is 34.1 Å². The molecular formula is C19H21N3O2S. The quantitative estimate of drug-likeness (QED) is 0.660. The Hall–Kier alpha value is -2.34. The minimum atomic E-state index is -1.09. The van der Waals surface area contributed by atoms with Crippen LogP contribution in [0, 0.1) is 13.8 Å². The van der Waals surface area contributed by atoms with Crippen LogP contribution in [0.15, 0.2) is 47.5 Å².